The van der Waals surface area contributed by atoms with E-state index in [4.69, 9.17) is 0 Å². The van der Waals surface area contributed by atoms with Crippen LogP contribution >= 0.6 is 15.9 Å². The molecule has 0 aromatic heterocycles. The Morgan fingerprint density at radius 1 is 1.10 bits per heavy atom. The Bertz CT molecular complexity index is 686. The first-order valence-electron chi connectivity index (χ1n) is 6.82. The second-order valence-corrected chi connectivity index (χ2v) is 5.82. The van der Waals surface area contributed by atoms with Crippen LogP contribution < -0.4 is 0 Å². The monoisotopic (exact) mass is 339 g/mol. The maximum absolute atomic E-state index is 9.49. The Labute approximate surface area is 132 Å². The predicted octanol–water partition coefficient (Wildman–Crippen LogP) is 4.12. The summed E-state index contributed by atoms with van der Waals surface area (Å²) in [4.78, 5) is 0. The van der Waals surface area contributed by atoms with Crippen molar-refractivity contribution in [2.45, 2.75) is 12.5 Å². The van der Waals surface area contributed by atoms with Crippen LogP contribution in [0.2, 0.25) is 0 Å². The van der Waals surface area contributed by atoms with Gasteiger partial charge in [-0.15, -0.1) is 0 Å². The van der Waals surface area contributed by atoms with Crippen LogP contribution in [0, 0.1) is 11.3 Å². The molecule has 3 rings (SSSR count). The standard InChI is InChI=1S/C17H14BrN3/c18-15-8-6-14(7-9-15)17(12-19)21-11-10-16(20-21)13-4-2-1-3-5-13/h1-9,17H,10-11H2. The summed E-state index contributed by atoms with van der Waals surface area (Å²) in [5.41, 5.74) is 3.15. The first-order valence-corrected chi connectivity index (χ1v) is 7.62. The minimum atomic E-state index is -0.334. The van der Waals surface area contributed by atoms with Crippen molar-refractivity contribution in [1.82, 2.24) is 5.01 Å². The van der Waals surface area contributed by atoms with E-state index in [-0.39, 0.29) is 6.04 Å². The number of nitriles is 1. The highest BCUT2D eigenvalue weighted by atomic mass is 79.9. The fourth-order valence-corrected chi connectivity index (χ4v) is 2.72. The molecule has 0 amide bonds. The number of rotatable bonds is 3. The molecule has 0 fully saturated rings. The molecule has 0 radical (unpaired) electrons. The molecule has 0 saturated heterocycles. The van der Waals surface area contributed by atoms with Gasteiger partial charge in [-0.25, -0.2) is 0 Å². The van der Waals surface area contributed by atoms with Gasteiger partial charge in [-0.2, -0.15) is 10.4 Å². The Morgan fingerprint density at radius 2 is 1.81 bits per heavy atom. The topological polar surface area (TPSA) is 39.4 Å². The lowest BCUT2D eigenvalue weighted by Gasteiger charge is -2.20. The lowest BCUT2D eigenvalue weighted by atomic mass is 10.1. The molecule has 2 aromatic rings. The lowest BCUT2D eigenvalue weighted by Crippen LogP contribution is -2.20. The predicted molar refractivity (Wildman–Crippen MR) is 86.8 cm³/mol. The molecular weight excluding hydrogens is 326 g/mol. The highest BCUT2D eigenvalue weighted by Crippen LogP contribution is 2.26. The van der Waals surface area contributed by atoms with E-state index in [1.807, 2.05) is 47.5 Å². The molecule has 0 N–H and O–H groups in total. The molecule has 1 aliphatic rings. The molecule has 1 aliphatic heterocycles. The van der Waals surface area contributed by atoms with Crippen molar-refractivity contribution < 1.29 is 0 Å². The summed E-state index contributed by atoms with van der Waals surface area (Å²) in [6.45, 7) is 0.776. The van der Waals surface area contributed by atoms with Crippen LogP contribution in [0.25, 0.3) is 0 Å². The molecule has 1 heterocycles. The van der Waals surface area contributed by atoms with Crippen LogP contribution in [0.15, 0.2) is 64.2 Å². The average Bonchev–Trinajstić information content (AvgIpc) is 3.00. The largest absolute Gasteiger partial charge is 0.275 e. The van der Waals surface area contributed by atoms with Crippen LogP contribution in [0.4, 0.5) is 0 Å². The molecule has 1 unspecified atom stereocenters. The molecule has 2 aromatic carbocycles. The number of hydrazone groups is 1. The molecule has 0 saturated carbocycles. The van der Waals surface area contributed by atoms with E-state index in [2.05, 4.69) is 39.2 Å². The van der Waals surface area contributed by atoms with E-state index in [0.29, 0.717) is 0 Å². The van der Waals surface area contributed by atoms with Crippen molar-refractivity contribution in [3.63, 3.8) is 0 Å². The van der Waals surface area contributed by atoms with Gasteiger partial charge in [-0.05, 0) is 23.3 Å². The second kappa shape index (κ2) is 6.11. The molecule has 4 heteroatoms. The van der Waals surface area contributed by atoms with Gasteiger partial charge in [0.15, 0.2) is 6.04 Å². The van der Waals surface area contributed by atoms with Gasteiger partial charge in [-0.1, -0.05) is 58.4 Å². The third-order valence-electron chi connectivity index (χ3n) is 3.54. The number of benzene rings is 2. The van der Waals surface area contributed by atoms with Gasteiger partial charge in [0.2, 0.25) is 0 Å². The average molecular weight is 340 g/mol. The molecule has 1 atom stereocenters. The maximum atomic E-state index is 9.49. The minimum absolute atomic E-state index is 0.334. The zero-order valence-corrected chi connectivity index (χ0v) is 13.0. The van der Waals surface area contributed by atoms with E-state index in [9.17, 15) is 5.26 Å². The van der Waals surface area contributed by atoms with E-state index in [1.165, 1.54) is 0 Å². The Kier molecular flexibility index (Phi) is 4.03. The fourth-order valence-electron chi connectivity index (χ4n) is 2.45. The first kappa shape index (κ1) is 13.8. The molecule has 0 aliphatic carbocycles. The number of nitrogens with zero attached hydrogens (tertiary/aromatic N) is 3. The molecule has 0 bridgehead atoms. The van der Waals surface area contributed by atoms with E-state index >= 15 is 0 Å². The van der Waals surface area contributed by atoms with Gasteiger partial charge >= 0.3 is 0 Å². The summed E-state index contributed by atoms with van der Waals surface area (Å²) < 4.78 is 1.01. The summed E-state index contributed by atoms with van der Waals surface area (Å²) >= 11 is 3.42. The Morgan fingerprint density at radius 3 is 2.48 bits per heavy atom. The third-order valence-corrected chi connectivity index (χ3v) is 4.07. The molecule has 104 valence electrons. The molecule has 0 spiro atoms. The summed E-state index contributed by atoms with van der Waals surface area (Å²) in [6.07, 6.45) is 0.874. The Hall–Kier alpha value is -2.12. The van der Waals surface area contributed by atoms with E-state index in [1.54, 1.807) is 0 Å². The van der Waals surface area contributed by atoms with E-state index in [0.717, 1.165) is 34.3 Å². The number of hydrogen-bond donors (Lipinski definition) is 0. The van der Waals surface area contributed by atoms with Crippen molar-refractivity contribution in [3.05, 3.63) is 70.2 Å². The zero-order chi connectivity index (χ0) is 14.7. The van der Waals surface area contributed by atoms with Gasteiger partial charge in [-0.3, -0.25) is 5.01 Å². The normalized spacial score (nSPS) is 15.4. The fraction of sp³-hybridized carbons (Fsp3) is 0.176. The van der Waals surface area contributed by atoms with Crippen molar-refractivity contribution in [2.24, 2.45) is 5.10 Å². The summed E-state index contributed by atoms with van der Waals surface area (Å²) in [5, 5.41) is 16.0. The van der Waals surface area contributed by atoms with Crippen LogP contribution in [-0.4, -0.2) is 17.3 Å². The van der Waals surface area contributed by atoms with Gasteiger partial charge in [0.1, 0.15) is 0 Å². The second-order valence-electron chi connectivity index (χ2n) is 4.91. The minimum Gasteiger partial charge on any atom is -0.275 e. The van der Waals surface area contributed by atoms with Gasteiger partial charge < -0.3 is 0 Å². The van der Waals surface area contributed by atoms with Crippen molar-refractivity contribution in [3.8, 4) is 6.07 Å². The summed E-state index contributed by atoms with van der Waals surface area (Å²) in [7, 11) is 0. The SMILES string of the molecule is N#CC(c1ccc(Br)cc1)N1CCC(c2ccccc2)=N1. The van der Waals surface area contributed by atoms with Crippen molar-refractivity contribution in [2.75, 3.05) is 6.54 Å². The highest BCUT2D eigenvalue weighted by Gasteiger charge is 2.24. The quantitative estimate of drug-likeness (QED) is 0.843. The van der Waals surface area contributed by atoms with Gasteiger partial charge in [0, 0.05) is 17.4 Å². The maximum Gasteiger partial charge on any atom is 0.158 e. The lowest BCUT2D eigenvalue weighted by molar-refractivity contribution is 0.275. The Balaban J connectivity index is 1.85. The van der Waals surface area contributed by atoms with Crippen LogP contribution in [-0.2, 0) is 0 Å². The van der Waals surface area contributed by atoms with Crippen LogP contribution in [0.3, 0.4) is 0 Å². The van der Waals surface area contributed by atoms with Crippen LogP contribution in [0.1, 0.15) is 23.6 Å². The number of hydrogen-bond acceptors (Lipinski definition) is 3. The smallest absolute Gasteiger partial charge is 0.158 e. The van der Waals surface area contributed by atoms with Crippen molar-refractivity contribution >= 4 is 21.6 Å². The molecule has 21 heavy (non-hydrogen) atoms. The first-order chi connectivity index (χ1) is 10.3. The van der Waals surface area contributed by atoms with Gasteiger partial charge in [0.05, 0.1) is 11.8 Å². The highest BCUT2D eigenvalue weighted by molar-refractivity contribution is 9.10. The summed E-state index contributed by atoms with van der Waals surface area (Å²) in [5.74, 6) is 0. The zero-order valence-electron chi connectivity index (χ0n) is 11.4. The van der Waals surface area contributed by atoms with Gasteiger partial charge in [0.25, 0.3) is 0 Å². The number of halogens is 1. The third kappa shape index (κ3) is 2.98. The molecular formula is C17H14BrN3. The van der Waals surface area contributed by atoms with Crippen molar-refractivity contribution in [1.29, 1.82) is 5.26 Å². The summed E-state index contributed by atoms with van der Waals surface area (Å²) in [6, 6.07) is 20.0. The molecule has 3 nitrogen and oxygen atoms in total. The van der Waals surface area contributed by atoms with E-state index < -0.39 is 0 Å². The van der Waals surface area contributed by atoms with Crippen LogP contribution in [0.5, 0.6) is 0 Å².